The van der Waals surface area contributed by atoms with Gasteiger partial charge in [-0.25, -0.2) is 8.42 Å². The van der Waals surface area contributed by atoms with Crippen molar-refractivity contribution in [1.82, 2.24) is 4.90 Å². The number of carbonyl (C=O) groups excluding carboxylic acids is 1. The fraction of sp³-hybridized carbons (Fsp3) is 0.190. The molecule has 4 rings (SSSR count). The lowest BCUT2D eigenvalue weighted by Gasteiger charge is -2.24. The van der Waals surface area contributed by atoms with Gasteiger partial charge in [0.2, 0.25) is 0 Å². The standard InChI is InChI=1S/C21H19ClN2O3S2/c22-17-5-7-18(8-6-17)23-29(26,27)19-9-3-15(4-10-19)21(25)24-12-1-2-20(24)16-11-13-28-14-16/h3-11,13-14,20,23H,1-2,12H2. The Kier molecular flexibility index (Phi) is 5.63. The maximum Gasteiger partial charge on any atom is 0.261 e. The molecule has 1 atom stereocenters. The number of thiophene rings is 1. The Labute approximate surface area is 179 Å². The van der Waals surface area contributed by atoms with Gasteiger partial charge in [0.1, 0.15) is 0 Å². The fourth-order valence-electron chi connectivity index (χ4n) is 3.50. The van der Waals surface area contributed by atoms with Crippen LogP contribution in [-0.2, 0) is 10.0 Å². The van der Waals surface area contributed by atoms with Crippen molar-refractivity contribution in [2.45, 2.75) is 23.8 Å². The molecule has 1 aliphatic rings. The van der Waals surface area contributed by atoms with Crippen LogP contribution in [0.3, 0.4) is 0 Å². The number of hydrogen-bond donors (Lipinski definition) is 1. The highest BCUT2D eigenvalue weighted by atomic mass is 35.5. The van der Waals surface area contributed by atoms with Gasteiger partial charge in [-0.1, -0.05) is 11.6 Å². The molecule has 1 N–H and O–H groups in total. The second kappa shape index (κ2) is 8.18. The quantitative estimate of drug-likeness (QED) is 0.587. The van der Waals surface area contributed by atoms with Crippen molar-refractivity contribution < 1.29 is 13.2 Å². The number of carbonyl (C=O) groups is 1. The third-order valence-corrected chi connectivity index (χ3v) is 7.30. The van der Waals surface area contributed by atoms with E-state index >= 15 is 0 Å². The lowest BCUT2D eigenvalue weighted by molar-refractivity contribution is 0.0736. The third-order valence-electron chi connectivity index (χ3n) is 4.95. The molecule has 1 saturated heterocycles. The van der Waals surface area contributed by atoms with E-state index < -0.39 is 10.0 Å². The normalized spacial score (nSPS) is 16.7. The number of sulfonamides is 1. The lowest BCUT2D eigenvalue weighted by Crippen LogP contribution is -2.30. The van der Waals surface area contributed by atoms with E-state index in [1.807, 2.05) is 10.3 Å². The Hall–Kier alpha value is -2.35. The van der Waals surface area contributed by atoms with Crippen molar-refractivity contribution in [3.8, 4) is 0 Å². The molecule has 2 heterocycles. The second-order valence-electron chi connectivity index (χ2n) is 6.85. The summed E-state index contributed by atoms with van der Waals surface area (Å²) >= 11 is 7.45. The van der Waals surface area contributed by atoms with E-state index in [-0.39, 0.29) is 16.8 Å². The minimum absolute atomic E-state index is 0.0756. The fourth-order valence-corrected chi connectivity index (χ4v) is 5.39. The third kappa shape index (κ3) is 4.32. The molecular formula is C21H19ClN2O3S2. The molecule has 8 heteroatoms. The monoisotopic (exact) mass is 446 g/mol. The van der Waals surface area contributed by atoms with E-state index in [2.05, 4.69) is 16.2 Å². The minimum Gasteiger partial charge on any atom is -0.332 e. The summed E-state index contributed by atoms with van der Waals surface area (Å²) in [7, 11) is -3.75. The average Bonchev–Trinajstić information content (AvgIpc) is 3.40. The first-order chi connectivity index (χ1) is 13.9. The Morgan fingerprint density at radius 2 is 1.79 bits per heavy atom. The zero-order valence-corrected chi connectivity index (χ0v) is 17.8. The highest BCUT2D eigenvalue weighted by Gasteiger charge is 2.31. The lowest BCUT2D eigenvalue weighted by atomic mass is 10.1. The van der Waals surface area contributed by atoms with Crippen LogP contribution < -0.4 is 4.72 Å². The highest BCUT2D eigenvalue weighted by Crippen LogP contribution is 2.34. The van der Waals surface area contributed by atoms with Crippen LogP contribution in [0.1, 0.15) is 34.8 Å². The number of anilines is 1. The highest BCUT2D eigenvalue weighted by molar-refractivity contribution is 7.92. The Morgan fingerprint density at radius 3 is 2.45 bits per heavy atom. The van der Waals surface area contributed by atoms with E-state index in [0.717, 1.165) is 18.4 Å². The van der Waals surface area contributed by atoms with Crippen molar-refractivity contribution >= 4 is 44.6 Å². The van der Waals surface area contributed by atoms with E-state index in [0.29, 0.717) is 22.8 Å². The van der Waals surface area contributed by atoms with Crippen molar-refractivity contribution in [3.63, 3.8) is 0 Å². The zero-order chi connectivity index (χ0) is 20.4. The summed E-state index contributed by atoms with van der Waals surface area (Å²) in [5.74, 6) is -0.0756. The molecule has 1 amide bonds. The summed E-state index contributed by atoms with van der Waals surface area (Å²) in [6, 6.07) is 14.6. The van der Waals surface area contributed by atoms with Crippen LogP contribution in [0.15, 0.2) is 70.3 Å². The first-order valence-corrected chi connectivity index (χ1v) is 12.0. The molecule has 29 heavy (non-hydrogen) atoms. The number of nitrogens with zero attached hydrogens (tertiary/aromatic N) is 1. The molecule has 0 radical (unpaired) electrons. The minimum atomic E-state index is -3.75. The van der Waals surface area contributed by atoms with Gasteiger partial charge in [0.15, 0.2) is 0 Å². The molecule has 150 valence electrons. The number of likely N-dealkylation sites (tertiary alicyclic amines) is 1. The number of hydrogen-bond acceptors (Lipinski definition) is 4. The molecule has 1 aromatic heterocycles. The van der Waals surface area contributed by atoms with Gasteiger partial charge in [-0.2, -0.15) is 11.3 Å². The van der Waals surface area contributed by atoms with Crippen LogP contribution in [0.2, 0.25) is 5.02 Å². The molecule has 3 aromatic rings. The first-order valence-electron chi connectivity index (χ1n) is 9.15. The van der Waals surface area contributed by atoms with Gasteiger partial charge in [0.25, 0.3) is 15.9 Å². The molecule has 0 spiro atoms. The van der Waals surface area contributed by atoms with Crippen LogP contribution in [0.5, 0.6) is 0 Å². The van der Waals surface area contributed by atoms with Crippen LogP contribution in [0.4, 0.5) is 5.69 Å². The van der Waals surface area contributed by atoms with E-state index in [9.17, 15) is 13.2 Å². The number of nitrogens with one attached hydrogen (secondary N) is 1. The summed E-state index contributed by atoms with van der Waals surface area (Å²) in [4.78, 5) is 15.0. The van der Waals surface area contributed by atoms with Gasteiger partial charge in [0, 0.05) is 22.8 Å². The van der Waals surface area contributed by atoms with Gasteiger partial charge in [-0.15, -0.1) is 0 Å². The second-order valence-corrected chi connectivity index (χ2v) is 9.75. The molecule has 0 bridgehead atoms. The molecule has 1 unspecified atom stereocenters. The van der Waals surface area contributed by atoms with Crippen LogP contribution >= 0.6 is 22.9 Å². The number of benzene rings is 2. The summed E-state index contributed by atoms with van der Waals surface area (Å²) in [5.41, 5.74) is 2.06. The summed E-state index contributed by atoms with van der Waals surface area (Å²) < 4.78 is 27.7. The molecule has 0 aliphatic carbocycles. The average molecular weight is 447 g/mol. The predicted octanol–water partition coefficient (Wildman–Crippen LogP) is 5.18. The van der Waals surface area contributed by atoms with Gasteiger partial charge in [-0.05, 0) is 83.8 Å². The summed E-state index contributed by atoms with van der Waals surface area (Å²) in [6.45, 7) is 0.706. The molecule has 0 saturated carbocycles. The van der Waals surface area contributed by atoms with E-state index in [1.165, 1.54) is 12.1 Å². The topological polar surface area (TPSA) is 66.5 Å². The Balaban J connectivity index is 1.51. The molecule has 5 nitrogen and oxygen atoms in total. The number of rotatable bonds is 5. The maximum absolute atomic E-state index is 13.0. The maximum atomic E-state index is 13.0. The molecule has 2 aromatic carbocycles. The smallest absolute Gasteiger partial charge is 0.261 e. The summed E-state index contributed by atoms with van der Waals surface area (Å²) in [5, 5.41) is 4.62. The Bertz CT molecular complexity index is 1100. The molecule has 1 fully saturated rings. The van der Waals surface area contributed by atoms with E-state index in [1.54, 1.807) is 47.7 Å². The first kappa shape index (κ1) is 19.9. The van der Waals surface area contributed by atoms with Crippen LogP contribution in [0, 0.1) is 0 Å². The zero-order valence-electron chi connectivity index (χ0n) is 15.4. The van der Waals surface area contributed by atoms with E-state index in [4.69, 9.17) is 11.6 Å². The number of halogens is 1. The van der Waals surface area contributed by atoms with Crippen LogP contribution in [0.25, 0.3) is 0 Å². The van der Waals surface area contributed by atoms with Crippen molar-refractivity contribution in [3.05, 3.63) is 81.5 Å². The predicted molar refractivity (Wildman–Crippen MR) is 116 cm³/mol. The van der Waals surface area contributed by atoms with Gasteiger partial charge in [-0.3, -0.25) is 9.52 Å². The SMILES string of the molecule is O=C(c1ccc(S(=O)(=O)Nc2ccc(Cl)cc2)cc1)N1CCCC1c1ccsc1. The Morgan fingerprint density at radius 1 is 1.07 bits per heavy atom. The van der Waals surface area contributed by atoms with Gasteiger partial charge >= 0.3 is 0 Å². The van der Waals surface area contributed by atoms with Gasteiger partial charge in [0.05, 0.1) is 10.9 Å². The molecule has 1 aliphatic heterocycles. The van der Waals surface area contributed by atoms with Gasteiger partial charge < -0.3 is 4.90 Å². The molecular weight excluding hydrogens is 428 g/mol. The van der Waals surface area contributed by atoms with Crippen molar-refractivity contribution in [2.75, 3.05) is 11.3 Å². The van der Waals surface area contributed by atoms with Crippen LogP contribution in [-0.4, -0.2) is 25.8 Å². The van der Waals surface area contributed by atoms with Crippen molar-refractivity contribution in [1.29, 1.82) is 0 Å². The van der Waals surface area contributed by atoms with Crippen molar-refractivity contribution in [2.24, 2.45) is 0 Å². The number of amides is 1. The summed E-state index contributed by atoms with van der Waals surface area (Å²) in [6.07, 6.45) is 1.91. The largest absolute Gasteiger partial charge is 0.332 e.